The number of nitrogens with one attached hydrogen (secondary N) is 1. The van der Waals surface area contributed by atoms with Crippen molar-refractivity contribution in [2.24, 2.45) is 0 Å². The second-order valence-corrected chi connectivity index (χ2v) is 6.08. The normalized spacial score (nSPS) is 10.3. The average Bonchev–Trinajstić information content (AvgIpc) is 2.64. The maximum Gasteiger partial charge on any atom is 0.220 e. The van der Waals surface area contributed by atoms with E-state index < -0.39 is 0 Å². The number of amides is 2. The third-order valence-corrected chi connectivity index (χ3v) is 4.15. The van der Waals surface area contributed by atoms with Gasteiger partial charge in [0.2, 0.25) is 11.8 Å². The Hall–Kier alpha value is -2.62. The third kappa shape index (κ3) is 7.21. The Morgan fingerprint density at radius 2 is 1.40 bits per heavy atom. The molecule has 4 heteroatoms. The molecule has 0 aliphatic rings. The Kier molecular flexibility index (Phi) is 7.70. The lowest BCUT2D eigenvalue weighted by Crippen LogP contribution is -2.38. The van der Waals surface area contributed by atoms with E-state index in [9.17, 15) is 9.59 Å². The quantitative estimate of drug-likeness (QED) is 0.764. The first-order chi connectivity index (χ1) is 12.1. The van der Waals surface area contributed by atoms with Crippen LogP contribution in [0.4, 0.5) is 0 Å². The lowest BCUT2D eigenvalue weighted by atomic mass is 10.1. The molecule has 0 atom stereocenters. The fourth-order valence-electron chi connectivity index (χ4n) is 2.66. The van der Waals surface area contributed by atoms with Crippen molar-refractivity contribution in [3.05, 3.63) is 71.8 Å². The van der Waals surface area contributed by atoms with Gasteiger partial charge in [-0.05, 0) is 24.0 Å². The van der Waals surface area contributed by atoms with Gasteiger partial charge in [0.1, 0.15) is 0 Å². The minimum atomic E-state index is 0.0235. The summed E-state index contributed by atoms with van der Waals surface area (Å²) in [5.74, 6) is 0.0601. The third-order valence-electron chi connectivity index (χ3n) is 4.15. The van der Waals surface area contributed by atoms with Gasteiger partial charge in [0.25, 0.3) is 0 Å². The highest BCUT2D eigenvalue weighted by molar-refractivity contribution is 5.76. The molecule has 0 bridgehead atoms. The van der Waals surface area contributed by atoms with Gasteiger partial charge < -0.3 is 10.2 Å². The molecule has 0 aliphatic heterocycles. The smallest absolute Gasteiger partial charge is 0.220 e. The van der Waals surface area contributed by atoms with Gasteiger partial charge in [-0.1, -0.05) is 60.7 Å². The fraction of sp³-hybridized carbons (Fsp3) is 0.333. The second-order valence-electron chi connectivity index (χ2n) is 6.08. The Bertz CT molecular complexity index is 656. The van der Waals surface area contributed by atoms with Gasteiger partial charge in [-0.25, -0.2) is 0 Å². The molecule has 25 heavy (non-hydrogen) atoms. The molecule has 0 radical (unpaired) electrons. The molecule has 4 nitrogen and oxygen atoms in total. The van der Waals surface area contributed by atoms with Crippen molar-refractivity contribution in [2.45, 2.75) is 26.2 Å². The monoisotopic (exact) mass is 338 g/mol. The van der Waals surface area contributed by atoms with E-state index in [0.717, 1.165) is 18.4 Å². The van der Waals surface area contributed by atoms with Gasteiger partial charge in [0, 0.05) is 33.0 Å². The van der Waals surface area contributed by atoms with Crippen molar-refractivity contribution in [3.63, 3.8) is 0 Å². The standard InChI is InChI=1S/C21H26N2O2/c1-18(24)23(16-14-20-10-6-3-7-11-20)17-15-22-21(25)13-12-19-8-4-2-5-9-19/h2-11H,12-17H2,1H3,(H,22,25). The van der Waals surface area contributed by atoms with Crippen molar-refractivity contribution in [3.8, 4) is 0 Å². The van der Waals surface area contributed by atoms with E-state index in [0.29, 0.717) is 26.1 Å². The van der Waals surface area contributed by atoms with Crippen LogP contribution >= 0.6 is 0 Å². The lowest BCUT2D eigenvalue weighted by Gasteiger charge is -2.21. The van der Waals surface area contributed by atoms with Crippen LogP contribution in [0, 0.1) is 0 Å². The molecule has 0 saturated carbocycles. The summed E-state index contributed by atoms with van der Waals surface area (Å²) < 4.78 is 0. The number of rotatable bonds is 9. The highest BCUT2D eigenvalue weighted by Gasteiger charge is 2.09. The maximum atomic E-state index is 11.9. The first-order valence-corrected chi connectivity index (χ1v) is 8.75. The van der Waals surface area contributed by atoms with Crippen molar-refractivity contribution >= 4 is 11.8 Å². The minimum absolute atomic E-state index is 0.0235. The van der Waals surface area contributed by atoms with Gasteiger partial charge in [-0.3, -0.25) is 9.59 Å². The molecule has 0 fully saturated rings. The molecule has 0 unspecified atom stereocenters. The zero-order chi connectivity index (χ0) is 17.9. The number of aryl methyl sites for hydroxylation is 1. The molecule has 132 valence electrons. The zero-order valence-electron chi connectivity index (χ0n) is 14.8. The van der Waals surface area contributed by atoms with E-state index in [1.807, 2.05) is 48.5 Å². The summed E-state index contributed by atoms with van der Waals surface area (Å²) in [5, 5.41) is 2.90. The van der Waals surface area contributed by atoms with Gasteiger partial charge >= 0.3 is 0 Å². The highest BCUT2D eigenvalue weighted by Crippen LogP contribution is 2.03. The number of benzene rings is 2. The molecular formula is C21H26N2O2. The summed E-state index contributed by atoms with van der Waals surface area (Å²) in [6, 6.07) is 20.1. The van der Waals surface area contributed by atoms with E-state index in [1.165, 1.54) is 5.56 Å². The molecule has 0 spiro atoms. The van der Waals surface area contributed by atoms with Crippen LogP contribution in [-0.4, -0.2) is 36.3 Å². The summed E-state index contributed by atoms with van der Waals surface area (Å²) >= 11 is 0. The van der Waals surface area contributed by atoms with Gasteiger partial charge in [0.15, 0.2) is 0 Å². The largest absolute Gasteiger partial charge is 0.354 e. The molecule has 2 aromatic carbocycles. The Balaban J connectivity index is 1.68. The highest BCUT2D eigenvalue weighted by atomic mass is 16.2. The van der Waals surface area contributed by atoms with Crippen LogP contribution < -0.4 is 5.32 Å². The van der Waals surface area contributed by atoms with Crippen LogP contribution in [0.3, 0.4) is 0 Å². The van der Waals surface area contributed by atoms with Crippen LogP contribution in [0.15, 0.2) is 60.7 Å². The second kappa shape index (κ2) is 10.3. The van der Waals surface area contributed by atoms with Crippen LogP contribution in [0.25, 0.3) is 0 Å². The number of carbonyl (C=O) groups excluding carboxylic acids is 2. The number of carbonyl (C=O) groups is 2. The molecule has 0 aromatic heterocycles. The molecule has 0 saturated heterocycles. The Labute approximate surface area is 149 Å². The predicted octanol–water partition coefficient (Wildman–Crippen LogP) is 2.83. The molecule has 0 aliphatic carbocycles. The molecule has 1 N–H and O–H groups in total. The summed E-state index contributed by atoms with van der Waals surface area (Å²) in [7, 11) is 0. The average molecular weight is 338 g/mol. The van der Waals surface area contributed by atoms with Gasteiger partial charge in [-0.15, -0.1) is 0 Å². The van der Waals surface area contributed by atoms with Crippen molar-refractivity contribution in [1.82, 2.24) is 10.2 Å². The van der Waals surface area contributed by atoms with E-state index in [4.69, 9.17) is 0 Å². The first-order valence-electron chi connectivity index (χ1n) is 8.75. The van der Waals surface area contributed by atoms with Gasteiger partial charge in [-0.2, -0.15) is 0 Å². The number of hydrogen-bond acceptors (Lipinski definition) is 2. The predicted molar refractivity (Wildman–Crippen MR) is 100 cm³/mol. The summed E-state index contributed by atoms with van der Waals surface area (Å²) in [6.45, 7) is 3.27. The first kappa shape index (κ1) is 18.7. The molecule has 2 aromatic rings. The Morgan fingerprint density at radius 1 is 0.840 bits per heavy atom. The van der Waals surface area contributed by atoms with Crippen molar-refractivity contribution in [2.75, 3.05) is 19.6 Å². The Morgan fingerprint density at radius 3 is 1.96 bits per heavy atom. The van der Waals surface area contributed by atoms with Crippen molar-refractivity contribution < 1.29 is 9.59 Å². The SMILES string of the molecule is CC(=O)N(CCNC(=O)CCc1ccccc1)CCc1ccccc1. The van der Waals surface area contributed by atoms with E-state index in [1.54, 1.807) is 11.8 Å². The molecular weight excluding hydrogens is 312 g/mol. The summed E-state index contributed by atoms with van der Waals surface area (Å²) in [4.78, 5) is 25.5. The van der Waals surface area contributed by atoms with E-state index in [2.05, 4.69) is 17.4 Å². The fourth-order valence-corrected chi connectivity index (χ4v) is 2.66. The maximum absolute atomic E-state index is 11.9. The number of nitrogens with zero attached hydrogens (tertiary/aromatic N) is 1. The summed E-state index contributed by atoms with van der Waals surface area (Å²) in [6.07, 6.45) is 2.02. The van der Waals surface area contributed by atoms with E-state index in [-0.39, 0.29) is 11.8 Å². The van der Waals surface area contributed by atoms with E-state index >= 15 is 0 Å². The lowest BCUT2D eigenvalue weighted by molar-refractivity contribution is -0.129. The minimum Gasteiger partial charge on any atom is -0.354 e. The van der Waals surface area contributed by atoms with Crippen LogP contribution in [-0.2, 0) is 22.4 Å². The molecule has 2 rings (SSSR count). The van der Waals surface area contributed by atoms with Gasteiger partial charge in [0.05, 0.1) is 0 Å². The summed E-state index contributed by atoms with van der Waals surface area (Å²) in [5.41, 5.74) is 2.37. The molecule has 2 amide bonds. The molecule has 0 heterocycles. The van der Waals surface area contributed by atoms with Crippen LogP contribution in [0.2, 0.25) is 0 Å². The zero-order valence-corrected chi connectivity index (χ0v) is 14.8. The topological polar surface area (TPSA) is 49.4 Å². The van der Waals surface area contributed by atoms with Crippen LogP contribution in [0.1, 0.15) is 24.5 Å². The van der Waals surface area contributed by atoms with Crippen LogP contribution in [0.5, 0.6) is 0 Å². The van der Waals surface area contributed by atoms with Crippen molar-refractivity contribution in [1.29, 1.82) is 0 Å². The number of hydrogen-bond donors (Lipinski definition) is 1.